The van der Waals surface area contributed by atoms with Gasteiger partial charge in [0.2, 0.25) is 0 Å². The van der Waals surface area contributed by atoms with E-state index in [9.17, 15) is 0 Å². The highest BCUT2D eigenvalue weighted by atomic mass is 16.5. The van der Waals surface area contributed by atoms with Crippen molar-refractivity contribution in [2.45, 2.75) is 20.0 Å². The maximum Gasteiger partial charge on any atom is 0.122 e. The highest BCUT2D eigenvalue weighted by molar-refractivity contribution is 5.31. The minimum Gasteiger partial charge on any atom is -0.489 e. The molecule has 0 spiro atoms. The van der Waals surface area contributed by atoms with E-state index in [4.69, 9.17) is 10.6 Å². The summed E-state index contributed by atoms with van der Waals surface area (Å²) in [6.07, 6.45) is 0.0890. The number of hydrogen-bond donors (Lipinski definition) is 2. The number of hydrogen-bond acceptors (Lipinski definition) is 3. The molecule has 1 rings (SSSR count). The van der Waals surface area contributed by atoms with Crippen LogP contribution >= 0.6 is 0 Å². The number of hydrazine groups is 1. The topological polar surface area (TPSA) is 47.3 Å². The highest BCUT2D eigenvalue weighted by Gasteiger charge is 2.03. The zero-order chi connectivity index (χ0) is 9.68. The highest BCUT2D eigenvalue weighted by Crippen LogP contribution is 2.17. The first kappa shape index (κ1) is 10.0. The van der Waals surface area contributed by atoms with E-state index in [0.29, 0.717) is 6.54 Å². The average Bonchev–Trinajstić information content (AvgIpc) is 2.09. The van der Waals surface area contributed by atoms with E-state index in [1.54, 1.807) is 0 Å². The molecule has 0 amide bonds. The minimum absolute atomic E-state index is 0.0890. The Morgan fingerprint density at radius 2 is 2.15 bits per heavy atom. The Balaban J connectivity index is 2.58. The molecular formula is C10H16N2O. The summed E-state index contributed by atoms with van der Waals surface area (Å²) in [5.41, 5.74) is 3.73. The third kappa shape index (κ3) is 3.05. The predicted molar refractivity (Wildman–Crippen MR) is 53.5 cm³/mol. The summed E-state index contributed by atoms with van der Waals surface area (Å²) in [5, 5.41) is 0. The smallest absolute Gasteiger partial charge is 0.122 e. The molecule has 1 aromatic rings. The van der Waals surface area contributed by atoms with Crippen molar-refractivity contribution in [2.24, 2.45) is 5.84 Å². The lowest BCUT2D eigenvalue weighted by atomic mass is 10.2. The Hall–Kier alpha value is -1.06. The van der Waals surface area contributed by atoms with Gasteiger partial charge in [0, 0.05) is 6.54 Å². The van der Waals surface area contributed by atoms with E-state index in [-0.39, 0.29) is 6.10 Å². The van der Waals surface area contributed by atoms with Crippen molar-refractivity contribution in [3.05, 3.63) is 29.8 Å². The zero-order valence-electron chi connectivity index (χ0n) is 8.08. The summed E-state index contributed by atoms with van der Waals surface area (Å²) in [4.78, 5) is 0. The van der Waals surface area contributed by atoms with E-state index < -0.39 is 0 Å². The summed E-state index contributed by atoms with van der Waals surface area (Å²) >= 11 is 0. The van der Waals surface area contributed by atoms with Crippen LogP contribution in [-0.4, -0.2) is 12.6 Å². The molecule has 3 heteroatoms. The van der Waals surface area contributed by atoms with Gasteiger partial charge in [0.1, 0.15) is 11.9 Å². The fraction of sp³-hybridized carbons (Fsp3) is 0.400. The average molecular weight is 180 g/mol. The molecule has 0 radical (unpaired) electrons. The van der Waals surface area contributed by atoms with Crippen molar-refractivity contribution in [3.63, 3.8) is 0 Å². The fourth-order valence-electron chi connectivity index (χ4n) is 1.11. The van der Waals surface area contributed by atoms with E-state index in [1.807, 2.05) is 38.1 Å². The van der Waals surface area contributed by atoms with Crippen LogP contribution in [0.4, 0.5) is 0 Å². The van der Waals surface area contributed by atoms with E-state index in [2.05, 4.69) is 5.43 Å². The van der Waals surface area contributed by atoms with E-state index in [0.717, 1.165) is 11.3 Å². The van der Waals surface area contributed by atoms with Crippen molar-refractivity contribution in [1.82, 2.24) is 5.43 Å². The van der Waals surface area contributed by atoms with E-state index in [1.165, 1.54) is 0 Å². The Morgan fingerprint density at radius 3 is 2.77 bits per heavy atom. The van der Waals surface area contributed by atoms with Gasteiger partial charge >= 0.3 is 0 Å². The molecule has 1 unspecified atom stereocenters. The molecule has 0 aliphatic rings. The molecule has 0 saturated heterocycles. The quantitative estimate of drug-likeness (QED) is 0.541. The van der Waals surface area contributed by atoms with E-state index >= 15 is 0 Å². The van der Waals surface area contributed by atoms with Crippen LogP contribution in [0.25, 0.3) is 0 Å². The second-order valence-electron chi connectivity index (χ2n) is 3.10. The summed E-state index contributed by atoms with van der Waals surface area (Å²) in [5.74, 6) is 6.11. The molecule has 1 atom stereocenters. The van der Waals surface area contributed by atoms with Crippen molar-refractivity contribution < 1.29 is 4.74 Å². The molecule has 0 heterocycles. The van der Waals surface area contributed by atoms with Crippen LogP contribution in [0.15, 0.2) is 24.3 Å². The molecular weight excluding hydrogens is 164 g/mol. The Kier molecular flexibility index (Phi) is 3.73. The van der Waals surface area contributed by atoms with Crippen LogP contribution in [0, 0.1) is 6.92 Å². The molecule has 0 fully saturated rings. The van der Waals surface area contributed by atoms with Crippen molar-refractivity contribution >= 4 is 0 Å². The number of aryl methyl sites for hydroxylation is 1. The van der Waals surface area contributed by atoms with Gasteiger partial charge < -0.3 is 4.74 Å². The molecule has 0 aromatic heterocycles. The summed E-state index contributed by atoms with van der Waals surface area (Å²) < 4.78 is 5.64. The minimum atomic E-state index is 0.0890. The fourth-order valence-corrected chi connectivity index (χ4v) is 1.11. The van der Waals surface area contributed by atoms with Gasteiger partial charge in [0.25, 0.3) is 0 Å². The third-order valence-corrected chi connectivity index (χ3v) is 1.83. The van der Waals surface area contributed by atoms with Crippen molar-refractivity contribution in [1.29, 1.82) is 0 Å². The number of nitrogens with two attached hydrogens (primary N) is 1. The SMILES string of the molecule is Cc1ccccc1OC(C)CNN. The molecule has 3 N–H and O–H groups in total. The number of benzene rings is 1. The molecule has 0 aliphatic heterocycles. The molecule has 72 valence electrons. The largest absolute Gasteiger partial charge is 0.489 e. The van der Waals surface area contributed by atoms with Gasteiger partial charge in [-0.1, -0.05) is 18.2 Å². The normalized spacial score (nSPS) is 12.5. The van der Waals surface area contributed by atoms with Crippen LogP contribution in [0.3, 0.4) is 0 Å². The maximum absolute atomic E-state index is 5.64. The summed E-state index contributed by atoms with van der Waals surface area (Å²) in [6, 6.07) is 7.94. The Labute approximate surface area is 78.9 Å². The van der Waals surface area contributed by atoms with Crippen LogP contribution < -0.4 is 16.0 Å². The predicted octanol–water partition coefficient (Wildman–Crippen LogP) is 1.23. The summed E-state index contributed by atoms with van der Waals surface area (Å²) in [7, 11) is 0. The van der Waals surface area contributed by atoms with Gasteiger partial charge in [-0.3, -0.25) is 11.3 Å². The van der Waals surface area contributed by atoms with Crippen LogP contribution in [0.2, 0.25) is 0 Å². The number of nitrogens with one attached hydrogen (secondary N) is 1. The molecule has 3 nitrogen and oxygen atoms in total. The van der Waals surface area contributed by atoms with Gasteiger partial charge in [-0.2, -0.15) is 0 Å². The third-order valence-electron chi connectivity index (χ3n) is 1.83. The zero-order valence-corrected chi connectivity index (χ0v) is 8.08. The van der Waals surface area contributed by atoms with Crippen molar-refractivity contribution in [2.75, 3.05) is 6.54 Å². The van der Waals surface area contributed by atoms with Gasteiger partial charge in [-0.15, -0.1) is 0 Å². The standard InChI is InChI=1S/C10H16N2O/c1-8-5-3-4-6-10(8)13-9(2)7-12-11/h3-6,9,12H,7,11H2,1-2H3. The molecule has 13 heavy (non-hydrogen) atoms. The number of rotatable bonds is 4. The number of para-hydroxylation sites is 1. The van der Waals surface area contributed by atoms with Crippen molar-refractivity contribution in [3.8, 4) is 5.75 Å². The van der Waals surface area contributed by atoms with Gasteiger partial charge in [-0.25, -0.2) is 0 Å². The number of ether oxygens (including phenoxy) is 1. The van der Waals surface area contributed by atoms with Crippen LogP contribution in [0.1, 0.15) is 12.5 Å². The lowest BCUT2D eigenvalue weighted by molar-refractivity contribution is 0.216. The molecule has 1 aromatic carbocycles. The first-order chi connectivity index (χ1) is 6.24. The lowest BCUT2D eigenvalue weighted by Gasteiger charge is -2.15. The monoisotopic (exact) mass is 180 g/mol. The van der Waals surface area contributed by atoms with Gasteiger partial charge in [0.15, 0.2) is 0 Å². The lowest BCUT2D eigenvalue weighted by Crippen LogP contribution is -2.33. The van der Waals surface area contributed by atoms with Gasteiger partial charge in [-0.05, 0) is 25.5 Å². The second kappa shape index (κ2) is 4.84. The Bertz CT molecular complexity index is 263. The second-order valence-corrected chi connectivity index (χ2v) is 3.10. The maximum atomic E-state index is 5.64. The summed E-state index contributed by atoms with van der Waals surface area (Å²) in [6.45, 7) is 4.65. The van der Waals surface area contributed by atoms with Crippen LogP contribution in [-0.2, 0) is 0 Å². The first-order valence-corrected chi connectivity index (χ1v) is 4.40. The van der Waals surface area contributed by atoms with Gasteiger partial charge in [0.05, 0.1) is 0 Å². The molecule has 0 aliphatic carbocycles. The molecule has 0 bridgehead atoms. The Morgan fingerprint density at radius 1 is 1.46 bits per heavy atom. The first-order valence-electron chi connectivity index (χ1n) is 4.40. The molecule has 0 saturated carbocycles. The van der Waals surface area contributed by atoms with Crippen LogP contribution in [0.5, 0.6) is 5.75 Å².